The van der Waals surface area contributed by atoms with Crippen LogP contribution in [0.3, 0.4) is 0 Å². The van der Waals surface area contributed by atoms with Gasteiger partial charge in [0.2, 0.25) is 6.71 Å². The first-order chi connectivity index (χ1) is 13.4. The number of benzene rings is 3. The number of unbranched alkanes of at least 4 members (excludes halogenated alkanes) is 5. The van der Waals surface area contributed by atoms with E-state index < -0.39 is 0 Å². The van der Waals surface area contributed by atoms with Gasteiger partial charge in [-0.05, 0) is 0 Å². The van der Waals surface area contributed by atoms with Crippen LogP contribution in [-0.2, 0) is 0 Å². The van der Waals surface area contributed by atoms with Crippen LogP contribution in [-0.4, -0.2) is 6.71 Å². The van der Waals surface area contributed by atoms with Gasteiger partial charge in [-0.2, -0.15) is 0 Å². The van der Waals surface area contributed by atoms with Crippen LogP contribution >= 0.6 is 0 Å². The Morgan fingerprint density at radius 1 is 0.444 bits per heavy atom. The summed E-state index contributed by atoms with van der Waals surface area (Å²) >= 11 is 0. The molecule has 0 radical (unpaired) electrons. The molecule has 0 aliphatic carbocycles. The van der Waals surface area contributed by atoms with Gasteiger partial charge in [0.05, 0.1) is 0 Å². The summed E-state index contributed by atoms with van der Waals surface area (Å²) < 4.78 is 0. The van der Waals surface area contributed by atoms with E-state index in [1.807, 2.05) is 0 Å². The summed E-state index contributed by atoms with van der Waals surface area (Å²) in [5.74, 6) is 0. The van der Waals surface area contributed by atoms with E-state index in [0.29, 0.717) is 6.71 Å². The lowest BCUT2D eigenvalue weighted by atomic mass is 9.37. The fourth-order valence-corrected chi connectivity index (χ4v) is 3.37. The zero-order chi connectivity index (χ0) is 19.2. The summed E-state index contributed by atoms with van der Waals surface area (Å²) in [6.07, 6.45) is 8.49. The average Bonchev–Trinajstić information content (AvgIpc) is 2.74. The molecule has 0 nitrogen and oxygen atoms in total. The molecule has 0 atom stereocenters. The third kappa shape index (κ3) is 7.47. The molecule has 0 aliphatic rings. The molecule has 0 saturated heterocycles. The second kappa shape index (κ2) is 13.0. The Hall–Kier alpha value is -2.28. The van der Waals surface area contributed by atoms with Gasteiger partial charge < -0.3 is 0 Å². The Bertz CT molecular complexity index is 607. The van der Waals surface area contributed by atoms with E-state index in [2.05, 4.69) is 105 Å². The van der Waals surface area contributed by atoms with Gasteiger partial charge in [0.25, 0.3) is 0 Å². The maximum atomic E-state index is 2.26. The molecule has 3 rings (SSSR count). The number of hydrogen-bond acceptors (Lipinski definition) is 0. The van der Waals surface area contributed by atoms with Crippen molar-refractivity contribution in [2.45, 2.75) is 52.4 Å². The van der Waals surface area contributed by atoms with Gasteiger partial charge in [0.15, 0.2) is 0 Å². The molecule has 27 heavy (non-hydrogen) atoms. The first-order valence-electron chi connectivity index (χ1n) is 10.5. The molecular weight excluding hydrogens is 323 g/mol. The van der Waals surface area contributed by atoms with Crippen LogP contribution in [0.1, 0.15) is 52.4 Å². The van der Waals surface area contributed by atoms with Crippen LogP contribution < -0.4 is 16.4 Å². The first-order valence-corrected chi connectivity index (χ1v) is 10.5. The first kappa shape index (κ1) is 21.0. The molecule has 0 N–H and O–H groups in total. The van der Waals surface area contributed by atoms with E-state index in [-0.39, 0.29) is 0 Å². The molecule has 1 heteroatoms. The molecule has 0 fully saturated rings. The van der Waals surface area contributed by atoms with E-state index >= 15 is 0 Å². The maximum absolute atomic E-state index is 2.26. The minimum absolute atomic E-state index is 0.309. The summed E-state index contributed by atoms with van der Waals surface area (Å²) in [4.78, 5) is 0. The van der Waals surface area contributed by atoms with Crippen LogP contribution in [0, 0.1) is 0 Å². The number of rotatable bonds is 8. The average molecular weight is 356 g/mol. The highest BCUT2D eigenvalue weighted by molar-refractivity contribution is 6.95. The lowest BCUT2D eigenvalue weighted by Gasteiger charge is -2.15. The molecule has 0 bridgehead atoms. The predicted octanol–water partition coefficient (Wildman–Crippen LogP) is 5.57. The summed E-state index contributed by atoms with van der Waals surface area (Å²) in [5, 5.41) is 0. The van der Waals surface area contributed by atoms with Crippen molar-refractivity contribution in [3.8, 4) is 0 Å². The van der Waals surface area contributed by atoms with Gasteiger partial charge >= 0.3 is 0 Å². The fourth-order valence-electron chi connectivity index (χ4n) is 3.37. The zero-order valence-electron chi connectivity index (χ0n) is 17.0. The zero-order valence-corrected chi connectivity index (χ0v) is 17.0. The Labute approximate surface area is 166 Å². The molecule has 3 aromatic carbocycles. The minimum Gasteiger partial charge on any atom is -0.0687 e. The smallest absolute Gasteiger partial charge is 0.0687 e. The van der Waals surface area contributed by atoms with E-state index in [1.54, 1.807) is 0 Å². The molecule has 0 heterocycles. The van der Waals surface area contributed by atoms with Crippen LogP contribution in [0.4, 0.5) is 0 Å². The van der Waals surface area contributed by atoms with E-state index in [0.717, 1.165) is 0 Å². The van der Waals surface area contributed by atoms with Crippen LogP contribution in [0.5, 0.6) is 0 Å². The van der Waals surface area contributed by atoms with Crippen molar-refractivity contribution in [3.63, 3.8) is 0 Å². The van der Waals surface area contributed by atoms with Crippen molar-refractivity contribution in [3.05, 3.63) is 91.0 Å². The Kier molecular flexibility index (Phi) is 10.1. The Balaban J connectivity index is 0.000000279. The largest absolute Gasteiger partial charge is 0.241 e. The summed E-state index contributed by atoms with van der Waals surface area (Å²) in [7, 11) is 0. The molecular formula is C26H33B. The van der Waals surface area contributed by atoms with Crippen LogP contribution in [0.2, 0.25) is 0 Å². The standard InChI is InChI=1S/C18H15B.C8H18/c1-4-10-16(11-5-1)19(17-12-6-2-7-13-17)18-14-8-3-9-15-18;1-3-5-7-8-6-4-2/h1-15H;3-8H2,1-2H3. The summed E-state index contributed by atoms with van der Waals surface area (Å²) in [6, 6.07) is 32.0. The van der Waals surface area contributed by atoms with Crippen LogP contribution in [0.25, 0.3) is 0 Å². The third-order valence-corrected chi connectivity index (χ3v) is 4.86. The highest BCUT2D eigenvalue weighted by Crippen LogP contribution is 2.03. The van der Waals surface area contributed by atoms with Crippen LogP contribution in [0.15, 0.2) is 91.0 Å². The Morgan fingerprint density at radius 2 is 0.741 bits per heavy atom. The lowest BCUT2D eigenvalue weighted by molar-refractivity contribution is 0.624. The minimum atomic E-state index is 0.309. The van der Waals surface area contributed by atoms with Crippen molar-refractivity contribution in [2.75, 3.05) is 0 Å². The highest BCUT2D eigenvalue weighted by Gasteiger charge is 2.20. The van der Waals surface area contributed by atoms with Gasteiger partial charge in [0.1, 0.15) is 0 Å². The van der Waals surface area contributed by atoms with E-state index in [9.17, 15) is 0 Å². The van der Waals surface area contributed by atoms with Gasteiger partial charge in [-0.25, -0.2) is 0 Å². The molecule has 140 valence electrons. The highest BCUT2D eigenvalue weighted by atomic mass is 14.0. The van der Waals surface area contributed by atoms with Crippen molar-refractivity contribution < 1.29 is 0 Å². The molecule has 0 aliphatic heterocycles. The number of hydrogen-bond donors (Lipinski definition) is 0. The normalized spacial score (nSPS) is 10.0. The Morgan fingerprint density at radius 3 is 1.00 bits per heavy atom. The fraction of sp³-hybridized carbons (Fsp3) is 0.308. The molecule has 0 saturated carbocycles. The van der Waals surface area contributed by atoms with Crippen molar-refractivity contribution >= 4 is 23.1 Å². The van der Waals surface area contributed by atoms with E-state index in [4.69, 9.17) is 0 Å². The van der Waals surface area contributed by atoms with Gasteiger partial charge in [-0.3, -0.25) is 0 Å². The molecule has 0 amide bonds. The summed E-state index contributed by atoms with van der Waals surface area (Å²) in [6.45, 7) is 4.82. The van der Waals surface area contributed by atoms with Gasteiger partial charge in [-0.1, -0.05) is 160 Å². The summed E-state index contributed by atoms with van der Waals surface area (Å²) in [5.41, 5.74) is 4.00. The van der Waals surface area contributed by atoms with Gasteiger partial charge in [-0.15, -0.1) is 0 Å². The second-order valence-corrected chi connectivity index (χ2v) is 7.08. The maximum Gasteiger partial charge on any atom is 0.241 e. The third-order valence-electron chi connectivity index (χ3n) is 4.86. The molecule has 3 aromatic rings. The topological polar surface area (TPSA) is 0 Å². The van der Waals surface area contributed by atoms with Gasteiger partial charge in [0, 0.05) is 0 Å². The lowest BCUT2D eigenvalue weighted by Crippen LogP contribution is -2.51. The predicted molar refractivity (Wildman–Crippen MR) is 123 cm³/mol. The van der Waals surface area contributed by atoms with Crippen molar-refractivity contribution in [2.24, 2.45) is 0 Å². The molecule has 0 aromatic heterocycles. The van der Waals surface area contributed by atoms with Crippen molar-refractivity contribution in [1.29, 1.82) is 0 Å². The quantitative estimate of drug-likeness (QED) is 0.366. The van der Waals surface area contributed by atoms with Crippen molar-refractivity contribution in [1.82, 2.24) is 0 Å². The van der Waals surface area contributed by atoms with E-state index in [1.165, 1.54) is 54.9 Å². The molecule has 0 spiro atoms. The SMILES string of the molecule is CCCCCCCC.c1ccc(B(c2ccccc2)c2ccccc2)cc1. The monoisotopic (exact) mass is 356 g/mol. The molecule has 0 unspecified atom stereocenters. The second-order valence-electron chi connectivity index (χ2n) is 7.08.